The van der Waals surface area contributed by atoms with Gasteiger partial charge in [0.15, 0.2) is 0 Å². The van der Waals surface area contributed by atoms with E-state index >= 15 is 0 Å². The Morgan fingerprint density at radius 1 is 0.526 bits per heavy atom. The predicted octanol–water partition coefficient (Wildman–Crippen LogP) is 7.71. The zero-order chi connectivity index (χ0) is 24.8. The van der Waals surface area contributed by atoms with Crippen LogP contribution >= 0.6 is 24.8 Å². The van der Waals surface area contributed by atoms with Crippen molar-refractivity contribution >= 4 is 24.8 Å². The molecule has 0 atom stereocenters. The summed E-state index contributed by atoms with van der Waals surface area (Å²) in [7, 11) is 0. The molecule has 3 aromatic carbocycles. The summed E-state index contributed by atoms with van der Waals surface area (Å²) in [6.45, 7) is 0.524. The van der Waals surface area contributed by atoms with Crippen LogP contribution in [0, 0.1) is 46.2 Å². The number of hydrogen-bond donors (Lipinski definition) is 2. The van der Waals surface area contributed by atoms with Crippen molar-refractivity contribution in [3.05, 3.63) is 106 Å². The summed E-state index contributed by atoms with van der Waals surface area (Å²) in [6, 6.07) is 12.8. The summed E-state index contributed by atoms with van der Waals surface area (Å²) < 4.78 is 76.3. The molecule has 0 unspecified atom stereocenters. The van der Waals surface area contributed by atoms with Crippen LogP contribution in [0.3, 0.4) is 0 Å². The second kappa shape index (κ2) is 24.6. The fourth-order valence-electron chi connectivity index (χ4n) is 2.61. The van der Waals surface area contributed by atoms with Crippen LogP contribution in [0.25, 0.3) is 0 Å². The zero-order valence-corrected chi connectivity index (χ0v) is 20.1. The third kappa shape index (κ3) is 14.8. The lowest BCUT2D eigenvalue weighted by Gasteiger charge is -2.00. The molecule has 0 aliphatic heterocycles. The van der Waals surface area contributed by atoms with E-state index in [4.69, 9.17) is 16.7 Å². The molecule has 38 heavy (non-hydrogen) atoms. The molecule has 3 nitrogen and oxygen atoms in total. The monoisotopic (exact) mass is 587 g/mol. The van der Waals surface area contributed by atoms with Crippen LogP contribution in [0.2, 0.25) is 0 Å². The van der Waals surface area contributed by atoms with Gasteiger partial charge in [0.2, 0.25) is 0 Å². The van der Waals surface area contributed by atoms with E-state index in [0.717, 1.165) is 12.1 Å². The average Bonchev–Trinajstić information content (AvgIpc) is 2.77. The van der Waals surface area contributed by atoms with E-state index in [9.17, 15) is 26.3 Å². The highest BCUT2D eigenvalue weighted by atomic mass is 35.5. The van der Waals surface area contributed by atoms with Crippen molar-refractivity contribution < 1.29 is 26.3 Å². The van der Waals surface area contributed by atoms with Crippen LogP contribution in [0.15, 0.2) is 54.6 Å². The van der Waals surface area contributed by atoms with Crippen molar-refractivity contribution in [3.63, 3.8) is 0 Å². The highest BCUT2D eigenvalue weighted by Crippen LogP contribution is 2.13. The molecule has 0 amide bonds. The van der Waals surface area contributed by atoms with Gasteiger partial charge in [0.1, 0.15) is 34.9 Å². The van der Waals surface area contributed by atoms with Gasteiger partial charge in [-0.1, -0.05) is 40.5 Å². The van der Waals surface area contributed by atoms with E-state index in [-0.39, 0.29) is 96.1 Å². The summed E-state index contributed by atoms with van der Waals surface area (Å²) in [5.74, 6) is -3.39. The molecule has 11 heteroatoms. The minimum absolute atomic E-state index is 0. The number of rotatable bonds is 5. The van der Waals surface area contributed by atoms with E-state index in [1.165, 1.54) is 42.5 Å². The summed E-state index contributed by atoms with van der Waals surface area (Å²) in [4.78, 5) is 0. The van der Waals surface area contributed by atoms with Gasteiger partial charge in [0.05, 0.1) is 12.5 Å². The molecule has 0 aliphatic rings. The van der Waals surface area contributed by atoms with Gasteiger partial charge in [0, 0.05) is 16.7 Å². The van der Waals surface area contributed by atoms with E-state index in [1.807, 2.05) is 0 Å². The lowest BCUT2D eigenvalue weighted by Crippen LogP contribution is -2.06. The average molecular weight is 589 g/mol. The quantitative estimate of drug-likeness (QED) is 0.300. The van der Waals surface area contributed by atoms with Gasteiger partial charge >= 0.3 is 0 Å². The molecular weight excluding hydrogens is 551 g/mol. The third-order valence-electron chi connectivity index (χ3n) is 4.23. The standard InChI is InChI=1S/2C8H9F2N.C8H5F2N.3CH4.2ClH/c3*9-7-2-1-3-8(10)6(7)4-5-11;;;;;/h2*1-3H,4-5,11H2;1-3H,4H2;3*1H4;2*1H. The maximum Gasteiger partial charge on any atom is 0.130 e. The van der Waals surface area contributed by atoms with Gasteiger partial charge in [-0.15, -0.1) is 24.8 Å². The molecule has 0 saturated carbocycles. The van der Waals surface area contributed by atoms with E-state index < -0.39 is 34.9 Å². The Balaban J connectivity index is -0.000000134. The summed E-state index contributed by atoms with van der Waals surface area (Å²) >= 11 is 0. The number of nitriles is 1. The second-order valence-electron chi connectivity index (χ2n) is 6.51. The summed E-state index contributed by atoms with van der Waals surface area (Å²) in [5, 5.41) is 8.19. The Kier molecular flexibility index (Phi) is 29.2. The van der Waals surface area contributed by atoms with Crippen LogP contribution in [-0.2, 0) is 19.3 Å². The van der Waals surface area contributed by atoms with Crippen LogP contribution in [0.4, 0.5) is 26.3 Å². The van der Waals surface area contributed by atoms with Crippen molar-refractivity contribution in [2.24, 2.45) is 11.5 Å². The number of hydrogen-bond acceptors (Lipinski definition) is 3. The highest BCUT2D eigenvalue weighted by Gasteiger charge is 2.07. The Morgan fingerprint density at radius 2 is 0.763 bits per heavy atom. The van der Waals surface area contributed by atoms with Crippen LogP contribution in [-0.4, -0.2) is 13.1 Å². The maximum absolute atomic E-state index is 12.7. The van der Waals surface area contributed by atoms with Gasteiger partial charge in [0.25, 0.3) is 0 Å². The molecule has 0 saturated heterocycles. The molecule has 0 fully saturated rings. The molecule has 0 radical (unpaired) electrons. The van der Waals surface area contributed by atoms with Gasteiger partial charge in [-0.3, -0.25) is 0 Å². The smallest absolute Gasteiger partial charge is 0.130 e. The third-order valence-corrected chi connectivity index (χ3v) is 4.23. The Morgan fingerprint density at radius 3 is 0.974 bits per heavy atom. The van der Waals surface area contributed by atoms with Gasteiger partial charge in [-0.25, -0.2) is 26.3 Å². The van der Waals surface area contributed by atoms with Gasteiger partial charge in [-0.05, 0) is 62.3 Å². The lowest BCUT2D eigenvalue weighted by molar-refractivity contribution is 0.555. The fraction of sp³-hybridized carbons (Fsp3) is 0.296. The number of nitrogens with two attached hydrogens (primary N) is 2. The normalized spacial score (nSPS) is 8.50. The second-order valence-corrected chi connectivity index (χ2v) is 6.51. The number of nitrogens with zero attached hydrogens (tertiary/aromatic N) is 1. The molecular formula is C27H37Cl2F6N3. The SMILES string of the molecule is C.C.C.Cl.Cl.N#CCc1c(F)cccc1F.NCCc1c(F)cccc1F.NCCc1c(F)cccc1F. The van der Waals surface area contributed by atoms with E-state index in [2.05, 4.69) is 0 Å². The van der Waals surface area contributed by atoms with Crippen molar-refractivity contribution in [2.45, 2.75) is 41.5 Å². The van der Waals surface area contributed by atoms with Crippen molar-refractivity contribution in [2.75, 3.05) is 13.1 Å². The molecule has 0 aliphatic carbocycles. The van der Waals surface area contributed by atoms with Crippen LogP contribution in [0.5, 0.6) is 0 Å². The first-order valence-corrected chi connectivity index (χ1v) is 9.82. The Hall–Kier alpha value is -2.77. The maximum atomic E-state index is 12.7. The minimum atomic E-state index is -0.661. The van der Waals surface area contributed by atoms with Gasteiger partial charge in [-0.2, -0.15) is 5.26 Å². The molecule has 4 N–H and O–H groups in total. The fourth-order valence-corrected chi connectivity index (χ4v) is 2.61. The van der Waals surface area contributed by atoms with E-state index in [0.29, 0.717) is 0 Å². The van der Waals surface area contributed by atoms with Crippen molar-refractivity contribution in [3.8, 4) is 6.07 Å². The molecule has 3 aromatic rings. The highest BCUT2D eigenvalue weighted by molar-refractivity contribution is 5.85. The first-order chi connectivity index (χ1) is 15.8. The van der Waals surface area contributed by atoms with E-state index in [1.54, 1.807) is 6.07 Å². The topological polar surface area (TPSA) is 75.8 Å². The molecule has 0 aromatic heterocycles. The number of benzene rings is 3. The molecule has 0 heterocycles. The van der Waals surface area contributed by atoms with Crippen molar-refractivity contribution in [1.29, 1.82) is 5.26 Å². The minimum Gasteiger partial charge on any atom is -0.330 e. The predicted molar refractivity (Wildman–Crippen MR) is 149 cm³/mol. The number of halogens is 8. The molecule has 0 spiro atoms. The zero-order valence-electron chi connectivity index (χ0n) is 18.4. The Labute approximate surface area is 234 Å². The molecule has 0 bridgehead atoms. The summed E-state index contributed by atoms with van der Waals surface area (Å²) in [5.41, 5.74) is 10.3. The van der Waals surface area contributed by atoms with Crippen LogP contribution in [0.1, 0.15) is 39.0 Å². The largest absolute Gasteiger partial charge is 0.330 e. The van der Waals surface area contributed by atoms with Gasteiger partial charge < -0.3 is 11.5 Å². The first-order valence-electron chi connectivity index (χ1n) is 9.82. The first kappa shape index (κ1) is 45.2. The molecule has 216 valence electrons. The Bertz CT molecular complexity index is 965. The van der Waals surface area contributed by atoms with Crippen molar-refractivity contribution in [1.82, 2.24) is 0 Å². The lowest BCUT2D eigenvalue weighted by atomic mass is 10.1. The summed E-state index contributed by atoms with van der Waals surface area (Å²) in [6.07, 6.45) is 0.273. The van der Waals surface area contributed by atoms with Crippen LogP contribution < -0.4 is 11.5 Å². The molecule has 3 rings (SSSR count).